The normalized spacial score (nSPS) is 43.0. The van der Waals surface area contributed by atoms with Gasteiger partial charge in [-0.1, -0.05) is 32.2 Å². The van der Waals surface area contributed by atoms with Crippen molar-refractivity contribution in [1.29, 1.82) is 0 Å². The molecule has 0 nitrogen and oxygen atoms in total. The summed E-state index contributed by atoms with van der Waals surface area (Å²) >= 11 is 0. The minimum absolute atomic E-state index is 0.0361. The number of hydrogen-bond acceptors (Lipinski definition) is 0. The summed E-state index contributed by atoms with van der Waals surface area (Å²) in [5.41, 5.74) is 3.77. The fourth-order valence-corrected chi connectivity index (χ4v) is 12.3. The molecule has 0 aromatic heterocycles. The van der Waals surface area contributed by atoms with Gasteiger partial charge in [-0.2, -0.15) is 0 Å². The molecule has 0 spiro atoms. The molecule has 0 unspecified atom stereocenters. The molecule has 6 rings (SSSR count). The maximum absolute atomic E-state index is 4.49. The molecule has 0 radical (unpaired) electrons. The van der Waals surface area contributed by atoms with E-state index in [1.807, 2.05) is 0 Å². The minimum Gasteiger partial charge on any atom is -0.0992 e. The molecule has 0 aromatic rings. The third-order valence-corrected chi connectivity index (χ3v) is 13.4. The fraction of sp³-hybridized carbons (Fsp3) is 0.826. The third-order valence-electron chi connectivity index (χ3n) is 8.73. The Morgan fingerprint density at radius 3 is 1.46 bits per heavy atom. The molecule has 0 heterocycles. The average Bonchev–Trinajstić information content (AvgIpc) is 3.38. The lowest BCUT2D eigenvalue weighted by Gasteiger charge is -2.59. The summed E-state index contributed by atoms with van der Waals surface area (Å²) in [7, 11) is 0.0361. The first-order chi connectivity index (χ1) is 11.4. The monoisotopic (exact) mass is 342 g/mol. The van der Waals surface area contributed by atoms with E-state index >= 15 is 0 Å². The van der Waals surface area contributed by atoms with Crippen LogP contribution in [0.2, 0.25) is 0 Å². The number of hydrogen-bond donors (Lipinski definition) is 0. The topological polar surface area (TPSA) is 0 Å². The van der Waals surface area contributed by atoms with Crippen molar-refractivity contribution in [1.82, 2.24) is 0 Å². The van der Waals surface area contributed by atoms with Crippen LogP contribution in [0, 0.1) is 23.2 Å². The summed E-state index contributed by atoms with van der Waals surface area (Å²) in [6.45, 7) is 13.7. The highest BCUT2D eigenvalue weighted by Gasteiger charge is 2.64. The molecule has 0 aliphatic heterocycles. The zero-order valence-corrected chi connectivity index (χ0v) is 16.8. The lowest BCUT2D eigenvalue weighted by Crippen LogP contribution is -2.48. The molecule has 24 heavy (non-hydrogen) atoms. The van der Waals surface area contributed by atoms with E-state index in [1.165, 1.54) is 36.8 Å². The molecule has 4 bridgehead atoms. The summed E-state index contributed by atoms with van der Waals surface area (Å²) in [6.07, 6.45) is 16.8. The van der Waals surface area contributed by atoms with E-state index in [-0.39, 0.29) is 7.92 Å². The van der Waals surface area contributed by atoms with Gasteiger partial charge < -0.3 is 0 Å². The Labute approximate surface area is 150 Å². The number of allylic oxidation sites excluding steroid dienone is 2. The van der Waals surface area contributed by atoms with Gasteiger partial charge in [-0.3, -0.25) is 0 Å². The van der Waals surface area contributed by atoms with Crippen LogP contribution in [0.25, 0.3) is 0 Å². The molecule has 0 saturated heterocycles. The summed E-state index contributed by atoms with van der Waals surface area (Å²) in [5.74, 6) is 3.27. The standard InChI is InChI=1S/C23H35P/c1-16(2)22(5-6-22)24(23(7-8-23)17(3)4)15-21-12-18-9-19(13-21)11-20(10-18)14-21/h18-20H,1,3,5-15H2,2,4H3. The molecule has 0 aromatic carbocycles. The summed E-state index contributed by atoms with van der Waals surface area (Å²) in [4.78, 5) is 0. The smallest absolute Gasteiger partial charge is 0.0117 e. The highest BCUT2D eigenvalue weighted by Crippen LogP contribution is 2.82. The van der Waals surface area contributed by atoms with E-state index in [4.69, 9.17) is 0 Å². The van der Waals surface area contributed by atoms with Crippen LogP contribution in [0.15, 0.2) is 24.3 Å². The van der Waals surface area contributed by atoms with Crippen LogP contribution in [0.4, 0.5) is 0 Å². The molecule has 6 saturated carbocycles. The van der Waals surface area contributed by atoms with E-state index in [0.29, 0.717) is 10.3 Å². The lowest BCUT2D eigenvalue weighted by molar-refractivity contribution is -0.0389. The average molecular weight is 343 g/mol. The first kappa shape index (κ1) is 16.1. The molecule has 6 fully saturated rings. The van der Waals surface area contributed by atoms with E-state index in [9.17, 15) is 0 Å². The molecule has 0 N–H and O–H groups in total. The predicted molar refractivity (Wildman–Crippen MR) is 106 cm³/mol. The van der Waals surface area contributed by atoms with Crippen LogP contribution in [0.3, 0.4) is 0 Å². The zero-order chi connectivity index (χ0) is 16.7. The minimum atomic E-state index is 0.0361. The SMILES string of the molecule is C=C(C)C1(P(CC23CC4CC(CC(C4)C2)C3)C2(C(=C)C)CC2)CC1. The molecular formula is C23H35P. The van der Waals surface area contributed by atoms with Crippen molar-refractivity contribution in [2.45, 2.75) is 88.4 Å². The van der Waals surface area contributed by atoms with Crippen molar-refractivity contribution in [3.8, 4) is 0 Å². The highest BCUT2D eigenvalue weighted by molar-refractivity contribution is 7.62. The Balaban J connectivity index is 1.48. The molecule has 1 heteroatoms. The van der Waals surface area contributed by atoms with Gasteiger partial charge in [-0.15, -0.1) is 0 Å². The second-order valence-electron chi connectivity index (χ2n) is 10.6. The van der Waals surface area contributed by atoms with Crippen LogP contribution in [0.1, 0.15) is 78.1 Å². The van der Waals surface area contributed by atoms with Crippen LogP contribution in [-0.2, 0) is 0 Å². The quantitative estimate of drug-likeness (QED) is 0.364. The Morgan fingerprint density at radius 1 is 0.792 bits per heavy atom. The van der Waals surface area contributed by atoms with Crippen molar-refractivity contribution >= 4 is 7.92 Å². The van der Waals surface area contributed by atoms with E-state index in [1.54, 1.807) is 44.7 Å². The van der Waals surface area contributed by atoms with Crippen molar-refractivity contribution in [2.75, 3.05) is 6.16 Å². The fourth-order valence-electron chi connectivity index (χ4n) is 7.62. The molecule has 6 aliphatic carbocycles. The van der Waals surface area contributed by atoms with Crippen molar-refractivity contribution in [2.24, 2.45) is 23.2 Å². The largest absolute Gasteiger partial charge is 0.0992 e. The van der Waals surface area contributed by atoms with Gasteiger partial charge in [-0.05, 0) is 107 Å². The van der Waals surface area contributed by atoms with Gasteiger partial charge in [0.15, 0.2) is 0 Å². The van der Waals surface area contributed by atoms with Crippen molar-refractivity contribution in [3.63, 3.8) is 0 Å². The molecule has 6 aliphatic rings. The summed E-state index contributed by atoms with van der Waals surface area (Å²) in [5, 5.41) is 1.10. The number of rotatable bonds is 6. The van der Waals surface area contributed by atoms with Gasteiger partial charge in [0.2, 0.25) is 0 Å². The maximum Gasteiger partial charge on any atom is 0.0117 e. The first-order valence-electron chi connectivity index (χ1n) is 10.5. The van der Waals surface area contributed by atoms with Crippen molar-refractivity contribution in [3.05, 3.63) is 24.3 Å². The van der Waals surface area contributed by atoms with Gasteiger partial charge in [0.1, 0.15) is 0 Å². The van der Waals surface area contributed by atoms with E-state index < -0.39 is 0 Å². The van der Waals surface area contributed by atoms with Gasteiger partial charge in [0.25, 0.3) is 0 Å². The lowest BCUT2D eigenvalue weighted by atomic mass is 9.50. The van der Waals surface area contributed by atoms with Crippen LogP contribution < -0.4 is 0 Å². The Morgan fingerprint density at radius 2 is 1.17 bits per heavy atom. The van der Waals surface area contributed by atoms with Gasteiger partial charge in [0, 0.05) is 10.3 Å². The van der Waals surface area contributed by atoms with Crippen LogP contribution in [-0.4, -0.2) is 16.5 Å². The zero-order valence-electron chi connectivity index (χ0n) is 15.9. The summed E-state index contributed by atoms with van der Waals surface area (Å²) in [6, 6.07) is 0. The van der Waals surface area contributed by atoms with Gasteiger partial charge >= 0.3 is 0 Å². The highest BCUT2D eigenvalue weighted by atomic mass is 31.1. The Hall–Kier alpha value is -0.0900. The van der Waals surface area contributed by atoms with Gasteiger partial charge in [-0.25, -0.2) is 0 Å². The summed E-state index contributed by atoms with van der Waals surface area (Å²) < 4.78 is 0. The third kappa shape index (κ3) is 2.21. The van der Waals surface area contributed by atoms with Crippen LogP contribution >= 0.6 is 7.92 Å². The van der Waals surface area contributed by atoms with Crippen molar-refractivity contribution < 1.29 is 0 Å². The predicted octanol–water partition coefficient (Wildman–Crippen LogP) is 6.90. The van der Waals surface area contributed by atoms with E-state index in [0.717, 1.165) is 23.2 Å². The second-order valence-corrected chi connectivity index (χ2v) is 13.5. The Kier molecular flexibility index (Phi) is 3.35. The maximum atomic E-state index is 4.49. The van der Waals surface area contributed by atoms with E-state index in [2.05, 4.69) is 27.0 Å². The van der Waals surface area contributed by atoms with Crippen LogP contribution in [0.5, 0.6) is 0 Å². The van der Waals surface area contributed by atoms with Gasteiger partial charge in [0.05, 0.1) is 0 Å². The molecular weight excluding hydrogens is 307 g/mol. The molecule has 132 valence electrons. The first-order valence-corrected chi connectivity index (χ1v) is 12.0. The molecule has 0 atom stereocenters. The molecule has 0 amide bonds. The Bertz CT molecular complexity index is 524. The second kappa shape index (κ2) is 5.00.